The fourth-order valence-electron chi connectivity index (χ4n) is 2.72. The zero-order chi connectivity index (χ0) is 13.7. The molecule has 0 radical (unpaired) electrons. The molecule has 1 aromatic carbocycles. The Hall–Kier alpha value is -0.220. The summed E-state index contributed by atoms with van der Waals surface area (Å²) in [7, 11) is 0. The van der Waals surface area contributed by atoms with Crippen LogP contribution in [-0.2, 0) is 0 Å². The molecule has 114 valence electrons. The van der Waals surface area contributed by atoms with Gasteiger partial charge in [0.1, 0.15) is 0 Å². The number of nitrogens with one attached hydrogen (secondary N) is 1. The van der Waals surface area contributed by atoms with Crippen LogP contribution >= 0.6 is 24.2 Å². The second kappa shape index (κ2) is 8.93. The third kappa shape index (κ3) is 4.96. The lowest BCUT2D eigenvalue weighted by molar-refractivity contribution is 0.170. The summed E-state index contributed by atoms with van der Waals surface area (Å²) in [4.78, 5) is 1.32. The van der Waals surface area contributed by atoms with E-state index in [-0.39, 0.29) is 18.5 Å². The van der Waals surface area contributed by atoms with Crippen LogP contribution in [-0.4, -0.2) is 23.4 Å². The molecule has 0 aromatic heterocycles. The first kappa shape index (κ1) is 17.8. The number of aliphatic hydroxyl groups is 1. The second-order valence-corrected chi connectivity index (χ2v) is 6.67. The minimum Gasteiger partial charge on any atom is -0.387 e. The van der Waals surface area contributed by atoms with Crippen LogP contribution in [0.5, 0.6) is 0 Å². The number of thioether (sulfide) groups is 1. The molecule has 2 N–H and O–H groups in total. The SMILES string of the molecule is CCSc1ccc(C(O)CNC2CCCC2)cc1C.Cl. The van der Waals surface area contributed by atoms with E-state index < -0.39 is 0 Å². The molecule has 2 rings (SSSR count). The number of hydrogen-bond acceptors (Lipinski definition) is 3. The maximum absolute atomic E-state index is 10.3. The number of halogens is 1. The van der Waals surface area contributed by atoms with Gasteiger partial charge in [-0.2, -0.15) is 0 Å². The van der Waals surface area contributed by atoms with Crippen LogP contribution in [0.1, 0.15) is 49.8 Å². The van der Waals surface area contributed by atoms with E-state index in [0.29, 0.717) is 12.6 Å². The summed E-state index contributed by atoms with van der Waals surface area (Å²) >= 11 is 1.86. The van der Waals surface area contributed by atoms with Crippen molar-refractivity contribution >= 4 is 24.2 Å². The highest BCUT2D eigenvalue weighted by atomic mass is 35.5. The van der Waals surface area contributed by atoms with Gasteiger partial charge < -0.3 is 10.4 Å². The predicted octanol–water partition coefficient (Wildman–Crippen LogP) is 4.09. The van der Waals surface area contributed by atoms with E-state index in [1.165, 1.54) is 36.1 Å². The van der Waals surface area contributed by atoms with Crippen molar-refractivity contribution < 1.29 is 5.11 Å². The summed E-state index contributed by atoms with van der Waals surface area (Å²) in [5.41, 5.74) is 2.30. The lowest BCUT2D eigenvalue weighted by atomic mass is 10.1. The zero-order valence-corrected chi connectivity index (χ0v) is 14.0. The van der Waals surface area contributed by atoms with Crippen molar-refractivity contribution in [2.45, 2.75) is 56.6 Å². The van der Waals surface area contributed by atoms with E-state index in [9.17, 15) is 5.11 Å². The average Bonchev–Trinajstić information content (AvgIpc) is 2.91. The number of rotatable bonds is 6. The Bertz CT molecular complexity index is 407. The van der Waals surface area contributed by atoms with Gasteiger partial charge in [0.2, 0.25) is 0 Å². The van der Waals surface area contributed by atoms with Crippen molar-refractivity contribution in [3.8, 4) is 0 Å². The highest BCUT2D eigenvalue weighted by Crippen LogP contribution is 2.25. The molecule has 1 unspecified atom stereocenters. The van der Waals surface area contributed by atoms with Crippen LogP contribution in [0.15, 0.2) is 23.1 Å². The van der Waals surface area contributed by atoms with Gasteiger partial charge >= 0.3 is 0 Å². The molecule has 1 fully saturated rings. The molecule has 1 saturated carbocycles. The number of benzene rings is 1. The zero-order valence-electron chi connectivity index (χ0n) is 12.4. The van der Waals surface area contributed by atoms with Gasteiger partial charge in [0, 0.05) is 17.5 Å². The fourth-order valence-corrected chi connectivity index (χ4v) is 3.49. The van der Waals surface area contributed by atoms with Crippen molar-refractivity contribution in [1.82, 2.24) is 5.32 Å². The molecule has 1 aromatic rings. The highest BCUT2D eigenvalue weighted by Gasteiger charge is 2.16. The lowest BCUT2D eigenvalue weighted by Gasteiger charge is -2.17. The first-order chi connectivity index (χ1) is 9.20. The van der Waals surface area contributed by atoms with Crippen molar-refractivity contribution in [2.75, 3.05) is 12.3 Å². The molecule has 0 saturated heterocycles. The highest BCUT2D eigenvalue weighted by molar-refractivity contribution is 7.99. The molecule has 0 aliphatic heterocycles. The van der Waals surface area contributed by atoms with Gasteiger partial charge in [-0.05, 0) is 42.7 Å². The van der Waals surface area contributed by atoms with Crippen LogP contribution in [0, 0.1) is 6.92 Å². The molecule has 0 spiro atoms. The lowest BCUT2D eigenvalue weighted by Crippen LogP contribution is -2.30. The third-order valence-corrected chi connectivity index (χ3v) is 4.90. The summed E-state index contributed by atoms with van der Waals surface area (Å²) < 4.78 is 0. The Morgan fingerprint density at radius 2 is 2.05 bits per heavy atom. The first-order valence-electron chi connectivity index (χ1n) is 7.35. The molecule has 20 heavy (non-hydrogen) atoms. The largest absolute Gasteiger partial charge is 0.387 e. The maximum Gasteiger partial charge on any atom is 0.0914 e. The summed E-state index contributed by atoms with van der Waals surface area (Å²) in [6, 6.07) is 6.94. The Morgan fingerprint density at radius 1 is 1.35 bits per heavy atom. The Morgan fingerprint density at radius 3 is 2.65 bits per heavy atom. The minimum atomic E-state index is -0.389. The summed E-state index contributed by atoms with van der Waals surface area (Å²) in [6.45, 7) is 4.96. The number of aliphatic hydroxyl groups excluding tert-OH is 1. The van der Waals surface area contributed by atoms with Crippen molar-refractivity contribution in [3.05, 3.63) is 29.3 Å². The second-order valence-electron chi connectivity index (χ2n) is 5.36. The Kier molecular flexibility index (Phi) is 7.96. The Balaban J connectivity index is 0.00000200. The maximum atomic E-state index is 10.3. The summed E-state index contributed by atoms with van der Waals surface area (Å²) in [5, 5.41) is 13.7. The molecule has 2 nitrogen and oxygen atoms in total. The summed E-state index contributed by atoms with van der Waals surface area (Å²) in [5.74, 6) is 1.09. The monoisotopic (exact) mass is 315 g/mol. The minimum absolute atomic E-state index is 0. The van der Waals surface area contributed by atoms with Gasteiger partial charge in [0.05, 0.1) is 6.10 Å². The van der Waals surface area contributed by atoms with E-state index in [4.69, 9.17) is 0 Å². The van der Waals surface area contributed by atoms with Crippen LogP contribution in [0.3, 0.4) is 0 Å². The van der Waals surface area contributed by atoms with Crippen LogP contribution in [0.4, 0.5) is 0 Å². The average molecular weight is 316 g/mol. The molecule has 1 atom stereocenters. The summed E-state index contributed by atoms with van der Waals surface area (Å²) in [6.07, 6.45) is 4.79. The molecular weight excluding hydrogens is 290 g/mol. The van der Waals surface area contributed by atoms with Gasteiger partial charge in [0.15, 0.2) is 0 Å². The molecule has 0 amide bonds. The van der Waals surface area contributed by atoms with Gasteiger partial charge in [-0.15, -0.1) is 24.2 Å². The molecular formula is C16H26ClNOS. The molecule has 1 aliphatic rings. The van der Waals surface area contributed by atoms with Gasteiger partial charge in [-0.3, -0.25) is 0 Å². The van der Waals surface area contributed by atoms with Gasteiger partial charge in [-0.1, -0.05) is 31.9 Å². The van der Waals surface area contributed by atoms with Crippen molar-refractivity contribution in [1.29, 1.82) is 0 Å². The third-order valence-electron chi connectivity index (χ3n) is 3.84. The first-order valence-corrected chi connectivity index (χ1v) is 8.34. The van der Waals surface area contributed by atoms with Crippen LogP contribution in [0.2, 0.25) is 0 Å². The molecule has 0 heterocycles. The fraction of sp³-hybridized carbons (Fsp3) is 0.625. The van der Waals surface area contributed by atoms with E-state index in [2.05, 4.69) is 37.4 Å². The molecule has 4 heteroatoms. The van der Waals surface area contributed by atoms with Crippen LogP contribution < -0.4 is 5.32 Å². The van der Waals surface area contributed by atoms with E-state index in [1.807, 2.05) is 11.8 Å². The van der Waals surface area contributed by atoms with E-state index >= 15 is 0 Å². The van der Waals surface area contributed by atoms with E-state index in [0.717, 1.165) is 11.3 Å². The molecule has 0 bridgehead atoms. The normalized spacial score (nSPS) is 16.9. The topological polar surface area (TPSA) is 32.3 Å². The number of hydrogen-bond donors (Lipinski definition) is 2. The predicted molar refractivity (Wildman–Crippen MR) is 90.0 cm³/mol. The standard InChI is InChI=1S/C16H25NOS.ClH/c1-3-19-16-9-8-13(10-12(16)2)15(18)11-17-14-6-4-5-7-14;/h8-10,14-15,17-18H,3-7,11H2,1-2H3;1H. The van der Waals surface area contributed by atoms with Crippen molar-refractivity contribution in [3.63, 3.8) is 0 Å². The molecule has 1 aliphatic carbocycles. The smallest absolute Gasteiger partial charge is 0.0914 e. The van der Waals surface area contributed by atoms with Gasteiger partial charge in [-0.25, -0.2) is 0 Å². The number of aryl methyl sites for hydroxylation is 1. The van der Waals surface area contributed by atoms with Crippen molar-refractivity contribution in [2.24, 2.45) is 0 Å². The Labute approximate surface area is 133 Å². The van der Waals surface area contributed by atoms with Crippen LogP contribution in [0.25, 0.3) is 0 Å². The van der Waals surface area contributed by atoms with Gasteiger partial charge in [0.25, 0.3) is 0 Å². The quantitative estimate of drug-likeness (QED) is 0.775. The van der Waals surface area contributed by atoms with E-state index in [1.54, 1.807) is 0 Å².